The number of thioether (sulfide) groups is 1. The molecule has 0 saturated heterocycles. The zero-order chi connectivity index (χ0) is 18.7. The number of fused-ring (bicyclic) bond motifs is 1. The first-order valence-electron chi connectivity index (χ1n) is 7.93. The highest BCUT2D eigenvalue weighted by Gasteiger charge is 2.33. The first-order chi connectivity index (χ1) is 12.6. The van der Waals surface area contributed by atoms with Crippen molar-refractivity contribution in [2.45, 2.75) is 18.4 Å². The predicted molar refractivity (Wildman–Crippen MR) is 95.0 cm³/mol. The van der Waals surface area contributed by atoms with Gasteiger partial charge < -0.3 is 9.84 Å². The van der Waals surface area contributed by atoms with Crippen molar-refractivity contribution in [3.63, 3.8) is 0 Å². The predicted octanol–water partition coefficient (Wildman–Crippen LogP) is 2.15. The Bertz CT molecular complexity index is 1010. The van der Waals surface area contributed by atoms with Gasteiger partial charge in [0.25, 0.3) is 5.69 Å². The van der Waals surface area contributed by atoms with Crippen molar-refractivity contribution in [2.75, 3.05) is 12.9 Å². The largest absolute Gasteiger partial charge is 0.500 e. The molecule has 0 atom stereocenters. The number of benzene rings is 1. The van der Waals surface area contributed by atoms with Crippen LogP contribution in [-0.2, 0) is 11.3 Å². The number of nitriles is 1. The SMILES string of the molecule is CCOC(=O)c1c(SC)c(C#N)c(O)c2n(Cc3ccccc3)cn[n+]12. The van der Waals surface area contributed by atoms with Crippen molar-refractivity contribution in [3.05, 3.63) is 53.5 Å². The van der Waals surface area contributed by atoms with E-state index in [-0.39, 0.29) is 29.3 Å². The summed E-state index contributed by atoms with van der Waals surface area (Å²) in [5.74, 6) is -0.799. The Morgan fingerprint density at radius 2 is 2.15 bits per heavy atom. The quantitative estimate of drug-likeness (QED) is 0.421. The number of hydrogen-bond acceptors (Lipinski definition) is 6. The van der Waals surface area contributed by atoms with E-state index >= 15 is 0 Å². The van der Waals surface area contributed by atoms with Crippen LogP contribution in [0, 0.1) is 11.3 Å². The number of pyridine rings is 1. The number of nitrogens with zero attached hydrogens (tertiary/aromatic N) is 4. The number of carbonyl (C=O) groups is 1. The molecule has 1 aromatic carbocycles. The number of ether oxygens (including phenoxy) is 1. The summed E-state index contributed by atoms with van der Waals surface area (Å²) in [6.07, 6.45) is 3.25. The minimum Gasteiger partial charge on any atom is -0.500 e. The third kappa shape index (κ3) is 2.97. The van der Waals surface area contributed by atoms with Crippen molar-refractivity contribution in [1.29, 1.82) is 5.26 Å². The third-order valence-electron chi connectivity index (χ3n) is 3.86. The molecule has 3 rings (SSSR count). The van der Waals surface area contributed by atoms with Crippen molar-refractivity contribution in [3.8, 4) is 11.8 Å². The van der Waals surface area contributed by atoms with E-state index in [0.29, 0.717) is 11.4 Å². The molecule has 0 aliphatic rings. The number of aromatic hydroxyl groups is 1. The highest BCUT2D eigenvalue weighted by Crippen LogP contribution is 2.32. The lowest BCUT2D eigenvalue weighted by atomic mass is 10.2. The Kier molecular flexibility index (Phi) is 5.09. The molecule has 0 aliphatic heterocycles. The summed E-state index contributed by atoms with van der Waals surface area (Å²) in [4.78, 5) is 12.8. The minimum absolute atomic E-state index is 0.0374. The highest BCUT2D eigenvalue weighted by molar-refractivity contribution is 7.98. The Hall–Kier alpha value is -3.05. The van der Waals surface area contributed by atoms with Crippen LogP contribution in [0.2, 0.25) is 0 Å². The average Bonchev–Trinajstić information content (AvgIpc) is 3.06. The molecule has 0 unspecified atom stereocenters. The standard InChI is InChI=1S/C18H16N4O3S/c1-3-25-18(24)14-16(26-2)13(9-19)15(23)17-21(11-20-22(14)17)10-12-7-5-4-6-8-12/h4-8,11H,3,10H2,1-2H3/p+1. The Morgan fingerprint density at radius 1 is 1.42 bits per heavy atom. The topological polar surface area (TPSA) is 92.2 Å². The molecular formula is C18H17N4O3S+. The van der Waals surface area contributed by atoms with E-state index in [0.717, 1.165) is 5.56 Å². The molecule has 7 nitrogen and oxygen atoms in total. The second kappa shape index (κ2) is 7.45. The van der Waals surface area contributed by atoms with Crippen LogP contribution in [0.5, 0.6) is 5.75 Å². The number of carbonyl (C=O) groups excluding carboxylic acids is 1. The van der Waals surface area contributed by atoms with E-state index in [1.165, 1.54) is 22.6 Å². The first kappa shape index (κ1) is 17.8. The zero-order valence-electron chi connectivity index (χ0n) is 14.3. The average molecular weight is 369 g/mol. The van der Waals surface area contributed by atoms with Gasteiger partial charge in [-0.2, -0.15) is 5.26 Å². The molecule has 0 fully saturated rings. The van der Waals surface area contributed by atoms with E-state index in [9.17, 15) is 15.2 Å². The summed E-state index contributed by atoms with van der Waals surface area (Å²) < 4.78 is 8.16. The summed E-state index contributed by atoms with van der Waals surface area (Å²) in [6, 6.07) is 11.6. The number of hydrogen-bond donors (Lipinski definition) is 1. The summed E-state index contributed by atoms with van der Waals surface area (Å²) in [5, 5.41) is 24.5. The molecule has 8 heteroatoms. The van der Waals surface area contributed by atoms with Crippen LogP contribution in [0.15, 0.2) is 41.6 Å². The molecular weight excluding hydrogens is 352 g/mol. The fraction of sp³-hybridized carbons (Fsp3) is 0.222. The van der Waals surface area contributed by atoms with E-state index < -0.39 is 5.97 Å². The number of esters is 1. The first-order valence-corrected chi connectivity index (χ1v) is 9.16. The highest BCUT2D eigenvalue weighted by atomic mass is 32.2. The Morgan fingerprint density at radius 3 is 2.77 bits per heavy atom. The Labute approximate surface area is 154 Å². The molecule has 0 radical (unpaired) electrons. The molecule has 1 N–H and O–H groups in total. The number of aromatic nitrogens is 3. The Balaban J connectivity index is 2.28. The van der Waals surface area contributed by atoms with Gasteiger partial charge in [-0.1, -0.05) is 34.8 Å². The van der Waals surface area contributed by atoms with Crippen LogP contribution in [0.3, 0.4) is 0 Å². The molecule has 132 valence electrons. The van der Waals surface area contributed by atoms with Crippen LogP contribution in [0.1, 0.15) is 28.5 Å². The van der Waals surface area contributed by atoms with Crippen LogP contribution in [0.4, 0.5) is 0 Å². The molecule has 0 bridgehead atoms. The molecule has 26 heavy (non-hydrogen) atoms. The second-order valence-electron chi connectivity index (χ2n) is 5.42. The van der Waals surface area contributed by atoms with Gasteiger partial charge in [0.1, 0.15) is 18.2 Å². The maximum Gasteiger partial charge on any atom is 0.382 e. The van der Waals surface area contributed by atoms with Gasteiger partial charge in [-0.15, -0.1) is 11.8 Å². The van der Waals surface area contributed by atoms with E-state index in [1.54, 1.807) is 17.7 Å². The van der Waals surface area contributed by atoms with Crippen LogP contribution >= 0.6 is 11.8 Å². The molecule has 0 aliphatic carbocycles. The number of rotatable bonds is 5. The van der Waals surface area contributed by atoms with Gasteiger partial charge in [0.2, 0.25) is 12.1 Å². The lowest BCUT2D eigenvalue weighted by Gasteiger charge is -2.08. The lowest BCUT2D eigenvalue weighted by Crippen LogP contribution is -2.35. The van der Waals surface area contributed by atoms with Gasteiger partial charge in [-0.3, -0.25) is 0 Å². The van der Waals surface area contributed by atoms with Crippen LogP contribution in [0.25, 0.3) is 5.65 Å². The molecule has 2 aromatic heterocycles. The zero-order valence-corrected chi connectivity index (χ0v) is 15.2. The van der Waals surface area contributed by atoms with Crippen molar-refractivity contribution in [2.24, 2.45) is 0 Å². The minimum atomic E-state index is -0.590. The van der Waals surface area contributed by atoms with Gasteiger partial charge in [-0.25, -0.2) is 9.36 Å². The molecule has 0 amide bonds. The van der Waals surface area contributed by atoms with E-state index in [1.807, 2.05) is 36.4 Å². The van der Waals surface area contributed by atoms with Gasteiger partial charge in [0.15, 0.2) is 0 Å². The monoisotopic (exact) mass is 369 g/mol. The van der Waals surface area contributed by atoms with Gasteiger partial charge in [0.05, 0.1) is 11.5 Å². The summed E-state index contributed by atoms with van der Waals surface area (Å²) in [7, 11) is 0. The molecule has 2 heterocycles. The lowest BCUT2D eigenvalue weighted by molar-refractivity contribution is -0.583. The molecule has 0 saturated carbocycles. The van der Waals surface area contributed by atoms with Gasteiger partial charge >= 0.3 is 11.6 Å². The van der Waals surface area contributed by atoms with E-state index in [4.69, 9.17) is 4.74 Å². The molecule has 3 aromatic rings. The second-order valence-corrected chi connectivity index (χ2v) is 6.23. The summed E-state index contributed by atoms with van der Waals surface area (Å²) in [6.45, 7) is 2.34. The maximum atomic E-state index is 12.5. The molecule has 0 spiro atoms. The summed E-state index contributed by atoms with van der Waals surface area (Å²) >= 11 is 1.19. The third-order valence-corrected chi connectivity index (χ3v) is 4.67. The maximum absolute atomic E-state index is 12.5. The fourth-order valence-electron chi connectivity index (χ4n) is 2.76. The van der Waals surface area contributed by atoms with Crippen molar-refractivity contribution in [1.82, 2.24) is 9.67 Å². The van der Waals surface area contributed by atoms with Crippen molar-refractivity contribution < 1.29 is 19.2 Å². The van der Waals surface area contributed by atoms with E-state index in [2.05, 4.69) is 5.10 Å². The van der Waals surface area contributed by atoms with Gasteiger partial charge in [0, 0.05) is 0 Å². The normalized spacial score (nSPS) is 10.7. The van der Waals surface area contributed by atoms with Crippen LogP contribution in [-0.4, -0.2) is 33.6 Å². The summed E-state index contributed by atoms with van der Waals surface area (Å²) in [5.41, 5.74) is 1.44. The van der Waals surface area contributed by atoms with Crippen LogP contribution < -0.4 is 4.52 Å². The fourth-order valence-corrected chi connectivity index (χ4v) is 3.47. The smallest absolute Gasteiger partial charge is 0.382 e. The van der Waals surface area contributed by atoms with Gasteiger partial charge in [-0.05, 0) is 23.8 Å². The van der Waals surface area contributed by atoms with Crippen molar-refractivity contribution >= 4 is 23.4 Å².